The van der Waals surface area contributed by atoms with Crippen molar-refractivity contribution in [2.75, 3.05) is 35.3 Å². The Morgan fingerprint density at radius 3 is 1.67 bits per heavy atom. The largest absolute Gasteiger partial charge is 0.870 e. The average molecular weight is 729 g/mol. The maximum Gasteiger partial charge on any atom is 0.306 e. The number of fused-ring (bicyclic) bond motifs is 1. The Morgan fingerprint density at radius 2 is 1.26 bits per heavy atom. The first kappa shape index (κ1) is 43.3. The SMILES string of the molecule is CCCCCC(=O)O.CCCCCC(=O)OC1CCC(OC(=O)CCCCC)c2c(I)cccc21.C[N+](C)(C)C.[2H]CF.[OH-]. The molecule has 0 fully saturated rings. The molecular formula is C33H59FINO7. The molecule has 0 aromatic heterocycles. The fourth-order valence-electron chi connectivity index (χ4n) is 4.02. The van der Waals surface area contributed by atoms with Crippen LogP contribution in [0.1, 0.15) is 135 Å². The van der Waals surface area contributed by atoms with Gasteiger partial charge in [0.05, 0.1) is 36.7 Å². The van der Waals surface area contributed by atoms with E-state index in [-0.39, 0.29) is 29.6 Å². The van der Waals surface area contributed by atoms with Crippen molar-refractivity contribution in [2.45, 2.75) is 123 Å². The van der Waals surface area contributed by atoms with Gasteiger partial charge in [-0.15, -0.1) is 0 Å². The van der Waals surface area contributed by atoms with E-state index >= 15 is 0 Å². The molecule has 1 aromatic rings. The van der Waals surface area contributed by atoms with Gasteiger partial charge in [0, 0.05) is 34.0 Å². The first-order valence-electron chi connectivity index (χ1n) is 16.0. The molecule has 43 heavy (non-hydrogen) atoms. The molecule has 2 rings (SSSR count). The lowest BCUT2D eigenvalue weighted by Crippen LogP contribution is -2.27. The molecule has 2 unspecified atom stereocenters. The Labute approximate surface area is 275 Å². The molecule has 0 spiro atoms. The van der Waals surface area contributed by atoms with E-state index in [0.29, 0.717) is 32.1 Å². The van der Waals surface area contributed by atoms with Crippen LogP contribution in [0.15, 0.2) is 18.2 Å². The number of aliphatic carboxylic acids is 1. The maximum atomic E-state index is 12.2. The van der Waals surface area contributed by atoms with Crippen molar-refractivity contribution < 1.29 is 44.7 Å². The molecule has 8 nitrogen and oxygen atoms in total. The van der Waals surface area contributed by atoms with Gasteiger partial charge in [-0.05, 0) is 60.8 Å². The van der Waals surface area contributed by atoms with E-state index < -0.39 is 13.1 Å². The van der Waals surface area contributed by atoms with Gasteiger partial charge in [0.2, 0.25) is 0 Å². The number of hydrogen-bond donors (Lipinski definition) is 1. The van der Waals surface area contributed by atoms with Crippen molar-refractivity contribution in [3.05, 3.63) is 32.9 Å². The minimum absolute atomic E-state index is 0. The Kier molecular flexibility index (Phi) is 28.0. The van der Waals surface area contributed by atoms with Gasteiger partial charge in [-0.1, -0.05) is 71.4 Å². The zero-order valence-corrected chi connectivity index (χ0v) is 29.8. The molecule has 2 atom stereocenters. The monoisotopic (exact) mass is 728 g/mol. The minimum atomic E-state index is -1.00. The number of carboxylic acids is 1. The second-order valence-electron chi connectivity index (χ2n) is 11.7. The van der Waals surface area contributed by atoms with Gasteiger partial charge in [0.25, 0.3) is 0 Å². The molecule has 0 bridgehead atoms. The third kappa shape index (κ3) is 25.3. The number of unbranched alkanes of at least 4 members (excludes halogenated alkanes) is 6. The van der Waals surface area contributed by atoms with Crippen molar-refractivity contribution in [3.8, 4) is 0 Å². The van der Waals surface area contributed by atoms with Gasteiger partial charge >= 0.3 is 17.9 Å². The van der Waals surface area contributed by atoms with Crippen molar-refractivity contribution in [1.29, 1.82) is 0 Å². The first-order valence-corrected chi connectivity index (χ1v) is 16.4. The molecule has 1 aliphatic carbocycles. The highest BCUT2D eigenvalue weighted by Crippen LogP contribution is 2.42. The number of hydrogen-bond acceptors (Lipinski definition) is 6. The number of ether oxygens (including phenoxy) is 2. The van der Waals surface area contributed by atoms with Crippen molar-refractivity contribution in [1.82, 2.24) is 0 Å². The number of quaternary nitrogens is 1. The summed E-state index contributed by atoms with van der Waals surface area (Å²) in [6.07, 6.45) is 11.1. The number of halogens is 2. The molecule has 0 saturated heterocycles. The fourth-order valence-corrected chi connectivity index (χ4v) is 4.88. The van der Waals surface area contributed by atoms with Gasteiger partial charge < -0.3 is 24.5 Å². The molecule has 10 heteroatoms. The van der Waals surface area contributed by atoms with Gasteiger partial charge in [0.15, 0.2) is 0 Å². The summed E-state index contributed by atoms with van der Waals surface area (Å²) in [5.41, 5.74) is 2.00. The van der Waals surface area contributed by atoms with Crippen molar-refractivity contribution in [2.24, 2.45) is 0 Å². The Bertz CT molecular complexity index is 893. The van der Waals surface area contributed by atoms with Crippen LogP contribution in [0.5, 0.6) is 0 Å². The molecule has 2 N–H and O–H groups in total. The van der Waals surface area contributed by atoms with Crippen molar-refractivity contribution in [3.63, 3.8) is 0 Å². The van der Waals surface area contributed by atoms with E-state index in [1.54, 1.807) is 0 Å². The van der Waals surface area contributed by atoms with E-state index in [1.807, 2.05) is 18.2 Å². The van der Waals surface area contributed by atoms with Gasteiger partial charge in [-0.3, -0.25) is 18.8 Å². The summed E-state index contributed by atoms with van der Waals surface area (Å²) >= 11 is 2.28. The molecule has 1 aliphatic rings. The summed E-state index contributed by atoms with van der Waals surface area (Å²) < 4.78 is 29.1. The molecule has 252 valence electrons. The van der Waals surface area contributed by atoms with E-state index in [2.05, 4.69) is 71.6 Å². The first-order chi connectivity index (χ1) is 20.2. The molecule has 0 saturated carbocycles. The molecular weight excluding hydrogens is 668 g/mol. The standard InChI is InChI=1S/C22H31IO4.C6H12O2.C4H12N.CH3F.H2O/c1-3-5-7-12-20(24)26-18-14-15-19(27-21(25)13-8-6-4-2)22-16(18)10-9-11-17(22)23;1-2-3-4-5-6(7)8;1-5(2,3)4;1-2;/h9-11,18-19H,3-8,12-15H2,1-2H3;2-5H2,1H3,(H,7,8);1-4H3;1H3;1H2/q;;+1;;/p-1/i;;;1D;. The number of alkyl halides is 1. The molecule has 0 radical (unpaired) electrons. The predicted octanol–water partition coefficient (Wildman–Crippen LogP) is 8.80. The summed E-state index contributed by atoms with van der Waals surface area (Å²) in [5, 5.41) is 8.14. The second-order valence-corrected chi connectivity index (χ2v) is 12.9. The highest BCUT2D eigenvalue weighted by molar-refractivity contribution is 14.1. The van der Waals surface area contributed by atoms with Crippen molar-refractivity contribution >= 4 is 40.5 Å². The van der Waals surface area contributed by atoms with Crippen LogP contribution in [-0.4, -0.2) is 68.3 Å². The molecule has 0 aliphatic heterocycles. The van der Waals surface area contributed by atoms with Crippen LogP contribution in [0.25, 0.3) is 0 Å². The fraction of sp³-hybridized carbons (Fsp3) is 0.727. The third-order valence-electron chi connectivity index (χ3n) is 5.96. The van der Waals surface area contributed by atoms with Crippen LogP contribution in [0.4, 0.5) is 4.39 Å². The number of carbonyl (C=O) groups is 3. The van der Waals surface area contributed by atoms with Crippen LogP contribution >= 0.6 is 22.6 Å². The predicted molar refractivity (Wildman–Crippen MR) is 179 cm³/mol. The van der Waals surface area contributed by atoms with E-state index in [1.165, 1.54) is 0 Å². The average Bonchev–Trinajstić information content (AvgIpc) is 2.90. The quantitative estimate of drug-likeness (QED) is 0.0880. The van der Waals surface area contributed by atoms with Crippen LogP contribution in [0.3, 0.4) is 0 Å². The van der Waals surface area contributed by atoms with Crippen LogP contribution < -0.4 is 0 Å². The zero-order chi connectivity index (χ0) is 33.3. The summed E-state index contributed by atoms with van der Waals surface area (Å²) in [5.74, 6) is -0.944. The molecule has 0 amide bonds. The van der Waals surface area contributed by atoms with Crippen LogP contribution in [-0.2, 0) is 23.9 Å². The summed E-state index contributed by atoms with van der Waals surface area (Å²) in [7, 11) is 7.50. The topological polar surface area (TPSA) is 120 Å². The Morgan fingerprint density at radius 1 is 0.860 bits per heavy atom. The zero-order valence-electron chi connectivity index (χ0n) is 28.6. The highest BCUT2D eigenvalue weighted by atomic mass is 127. The highest BCUT2D eigenvalue weighted by Gasteiger charge is 2.33. The van der Waals surface area contributed by atoms with Gasteiger partial charge in [0.1, 0.15) is 12.2 Å². The number of esters is 2. The van der Waals surface area contributed by atoms with Crippen LogP contribution in [0.2, 0.25) is 0 Å². The van der Waals surface area contributed by atoms with Crippen LogP contribution in [0, 0.1) is 3.57 Å². The summed E-state index contributed by atoms with van der Waals surface area (Å²) in [6, 6.07) is 5.99. The lowest BCUT2D eigenvalue weighted by molar-refractivity contribution is -0.849. The smallest absolute Gasteiger partial charge is 0.306 e. The number of carboxylic acid groups (broad SMARTS) is 1. The van der Waals surface area contributed by atoms with Gasteiger partial charge in [-0.2, -0.15) is 0 Å². The lowest BCUT2D eigenvalue weighted by atomic mass is 9.87. The van der Waals surface area contributed by atoms with E-state index in [9.17, 15) is 18.8 Å². The van der Waals surface area contributed by atoms with E-state index in [0.717, 1.165) is 77.0 Å². The Hall–Kier alpha value is -1.79. The second kappa shape index (κ2) is 27.7. The minimum Gasteiger partial charge on any atom is -0.870 e. The van der Waals surface area contributed by atoms with E-state index in [4.69, 9.17) is 16.0 Å². The summed E-state index contributed by atoms with van der Waals surface area (Å²) in [4.78, 5) is 34.3. The maximum absolute atomic E-state index is 12.2. The number of nitrogens with zero attached hydrogens (tertiary/aromatic N) is 1. The Balaban J connectivity index is -0.000000817. The lowest BCUT2D eigenvalue weighted by Gasteiger charge is -2.32. The number of rotatable bonds is 14. The number of benzene rings is 1. The molecule has 0 heterocycles. The third-order valence-corrected chi connectivity index (χ3v) is 6.90. The summed E-state index contributed by atoms with van der Waals surface area (Å²) in [6.45, 7) is 6.30. The number of carbonyl (C=O) groups excluding carboxylic acids is 2. The van der Waals surface area contributed by atoms with Gasteiger partial charge in [-0.25, -0.2) is 0 Å². The molecule has 1 aromatic carbocycles. The normalized spacial score (nSPS) is 15.2.